The minimum Gasteiger partial charge on any atom is -0.388 e. The standard InChI is InChI=1S/C10H8F6O/c11-6-3-5(4-7(12)9(6)13)8(17)1-2-10(14,15)16/h3-4,8,17H,1-2H2. The second-order valence-electron chi connectivity index (χ2n) is 3.47. The van der Waals surface area contributed by atoms with Crippen LogP contribution in [-0.2, 0) is 0 Å². The zero-order valence-corrected chi connectivity index (χ0v) is 8.36. The van der Waals surface area contributed by atoms with E-state index in [0.717, 1.165) is 0 Å². The van der Waals surface area contributed by atoms with Gasteiger partial charge < -0.3 is 5.11 Å². The highest BCUT2D eigenvalue weighted by Crippen LogP contribution is 2.28. The summed E-state index contributed by atoms with van der Waals surface area (Å²) in [7, 11) is 0. The van der Waals surface area contributed by atoms with Crippen LogP contribution in [0.25, 0.3) is 0 Å². The Labute approximate surface area is 92.7 Å². The number of rotatable bonds is 3. The van der Waals surface area contributed by atoms with E-state index in [9.17, 15) is 31.4 Å². The summed E-state index contributed by atoms with van der Waals surface area (Å²) in [6, 6.07) is 0.943. The first kappa shape index (κ1) is 13.8. The van der Waals surface area contributed by atoms with Crippen LogP contribution in [0.15, 0.2) is 12.1 Å². The third-order valence-electron chi connectivity index (χ3n) is 2.09. The minimum absolute atomic E-state index is 0.425. The Hall–Kier alpha value is -1.24. The summed E-state index contributed by atoms with van der Waals surface area (Å²) in [5, 5.41) is 9.27. The van der Waals surface area contributed by atoms with E-state index in [4.69, 9.17) is 0 Å². The van der Waals surface area contributed by atoms with Crippen LogP contribution in [0.2, 0.25) is 0 Å². The largest absolute Gasteiger partial charge is 0.389 e. The zero-order valence-electron chi connectivity index (χ0n) is 8.36. The molecule has 1 aromatic carbocycles. The van der Waals surface area contributed by atoms with Crippen LogP contribution in [0.4, 0.5) is 26.3 Å². The van der Waals surface area contributed by atoms with Crippen molar-refractivity contribution >= 4 is 0 Å². The molecule has 0 bridgehead atoms. The van der Waals surface area contributed by atoms with E-state index in [1.54, 1.807) is 0 Å². The third kappa shape index (κ3) is 3.92. The maximum atomic E-state index is 12.7. The van der Waals surface area contributed by atoms with Gasteiger partial charge in [0.05, 0.1) is 6.10 Å². The summed E-state index contributed by atoms with van der Waals surface area (Å²) < 4.78 is 73.5. The van der Waals surface area contributed by atoms with Gasteiger partial charge in [0.25, 0.3) is 0 Å². The zero-order chi connectivity index (χ0) is 13.2. The molecule has 0 aliphatic heterocycles. The van der Waals surface area contributed by atoms with Gasteiger partial charge in [-0.15, -0.1) is 0 Å². The maximum absolute atomic E-state index is 12.7. The molecule has 0 spiro atoms. The fraction of sp³-hybridized carbons (Fsp3) is 0.400. The van der Waals surface area contributed by atoms with Crippen molar-refractivity contribution in [2.24, 2.45) is 0 Å². The lowest BCUT2D eigenvalue weighted by Crippen LogP contribution is -2.10. The van der Waals surface area contributed by atoms with E-state index in [1.165, 1.54) is 0 Å². The van der Waals surface area contributed by atoms with E-state index in [2.05, 4.69) is 0 Å². The van der Waals surface area contributed by atoms with E-state index in [-0.39, 0.29) is 0 Å². The van der Waals surface area contributed by atoms with Gasteiger partial charge in [-0.3, -0.25) is 0 Å². The van der Waals surface area contributed by atoms with Gasteiger partial charge in [-0.05, 0) is 24.1 Å². The highest BCUT2D eigenvalue weighted by molar-refractivity contribution is 5.21. The van der Waals surface area contributed by atoms with E-state index >= 15 is 0 Å². The highest BCUT2D eigenvalue weighted by Gasteiger charge is 2.28. The maximum Gasteiger partial charge on any atom is 0.389 e. The number of hydrogen-bond donors (Lipinski definition) is 1. The molecule has 1 atom stereocenters. The summed E-state index contributed by atoms with van der Waals surface area (Å²) in [6.45, 7) is 0. The van der Waals surface area contributed by atoms with Gasteiger partial charge in [-0.25, -0.2) is 13.2 Å². The molecule has 96 valence electrons. The summed E-state index contributed by atoms with van der Waals surface area (Å²) in [5.74, 6) is -4.83. The molecule has 0 saturated carbocycles. The molecule has 17 heavy (non-hydrogen) atoms. The van der Waals surface area contributed by atoms with Crippen molar-refractivity contribution in [1.82, 2.24) is 0 Å². The second-order valence-corrected chi connectivity index (χ2v) is 3.47. The number of aliphatic hydroxyl groups is 1. The lowest BCUT2D eigenvalue weighted by molar-refractivity contribution is -0.140. The SMILES string of the molecule is OC(CCC(F)(F)F)c1cc(F)c(F)c(F)c1. The molecule has 0 aliphatic rings. The Kier molecular flexibility index (Phi) is 4.03. The van der Waals surface area contributed by atoms with E-state index < -0.39 is 48.1 Å². The van der Waals surface area contributed by atoms with Crippen molar-refractivity contribution in [2.45, 2.75) is 25.1 Å². The molecular formula is C10H8F6O. The van der Waals surface area contributed by atoms with Crippen LogP contribution >= 0.6 is 0 Å². The van der Waals surface area contributed by atoms with Crippen LogP contribution < -0.4 is 0 Å². The van der Waals surface area contributed by atoms with Gasteiger partial charge in [0.2, 0.25) is 0 Å². The second kappa shape index (κ2) is 4.95. The molecule has 1 N–H and O–H groups in total. The van der Waals surface area contributed by atoms with Gasteiger partial charge in [-0.1, -0.05) is 0 Å². The van der Waals surface area contributed by atoms with E-state index in [1.807, 2.05) is 0 Å². The predicted octanol–water partition coefficient (Wildman–Crippen LogP) is 3.48. The van der Waals surface area contributed by atoms with Crippen molar-refractivity contribution in [1.29, 1.82) is 0 Å². The van der Waals surface area contributed by atoms with Crippen LogP contribution in [0.1, 0.15) is 24.5 Å². The topological polar surface area (TPSA) is 20.2 Å². The first-order valence-corrected chi connectivity index (χ1v) is 4.60. The Bertz CT molecular complexity index is 377. The van der Waals surface area contributed by atoms with Gasteiger partial charge in [-0.2, -0.15) is 13.2 Å². The lowest BCUT2D eigenvalue weighted by atomic mass is 10.0. The van der Waals surface area contributed by atoms with Crippen LogP contribution in [0, 0.1) is 17.5 Å². The molecule has 0 fully saturated rings. The van der Waals surface area contributed by atoms with E-state index in [0.29, 0.717) is 12.1 Å². The molecule has 0 radical (unpaired) electrons. The monoisotopic (exact) mass is 258 g/mol. The molecule has 1 aromatic rings. The number of alkyl halides is 3. The number of benzene rings is 1. The fourth-order valence-corrected chi connectivity index (χ4v) is 1.23. The van der Waals surface area contributed by atoms with Crippen molar-refractivity contribution in [3.05, 3.63) is 35.1 Å². The number of aliphatic hydroxyl groups excluding tert-OH is 1. The number of halogens is 6. The third-order valence-corrected chi connectivity index (χ3v) is 2.09. The Balaban J connectivity index is 2.79. The first-order chi connectivity index (χ1) is 7.70. The van der Waals surface area contributed by atoms with Crippen molar-refractivity contribution in [3.63, 3.8) is 0 Å². The lowest BCUT2D eigenvalue weighted by Gasteiger charge is -2.13. The summed E-state index contributed by atoms with van der Waals surface area (Å²) in [4.78, 5) is 0. The molecule has 0 aromatic heterocycles. The summed E-state index contributed by atoms with van der Waals surface area (Å²) >= 11 is 0. The molecule has 1 unspecified atom stereocenters. The molecule has 0 amide bonds. The average Bonchev–Trinajstić information content (AvgIpc) is 2.20. The molecule has 1 nitrogen and oxygen atoms in total. The van der Waals surface area contributed by atoms with Crippen molar-refractivity contribution < 1.29 is 31.4 Å². The molecule has 0 heterocycles. The minimum atomic E-state index is -4.47. The van der Waals surface area contributed by atoms with Gasteiger partial charge >= 0.3 is 6.18 Å². The molecule has 7 heteroatoms. The number of hydrogen-bond acceptors (Lipinski definition) is 1. The van der Waals surface area contributed by atoms with Crippen LogP contribution in [-0.4, -0.2) is 11.3 Å². The van der Waals surface area contributed by atoms with Gasteiger partial charge in [0, 0.05) is 6.42 Å². The summed E-state index contributed by atoms with van der Waals surface area (Å²) in [5.41, 5.74) is -0.425. The summed E-state index contributed by atoms with van der Waals surface area (Å²) in [6.07, 6.45) is -8.21. The Morgan fingerprint density at radius 3 is 1.94 bits per heavy atom. The van der Waals surface area contributed by atoms with Crippen molar-refractivity contribution in [2.75, 3.05) is 0 Å². The Morgan fingerprint density at radius 1 is 1.06 bits per heavy atom. The Morgan fingerprint density at radius 2 is 1.53 bits per heavy atom. The average molecular weight is 258 g/mol. The molecule has 0 saturated heterocycles. The first-order valence-electron chi connectivity index (χ1n) is 4.60. The fourth-order valence-electron chi connectivity index (χ4n) is 1.23. The van der Waals surface area contributed by atoms with Gasteiger partial charge in [0.1, 0.15) is 0 Å². The molecule has 0 aliphatic carbocycles. The van der Waals surface area contributed by atoms with Crippen molar-refractivity contribution in [3.8, 4) is 0 Å². The smallest absolute Gasteiger partial charge is 0.388 e. The van der Waals surface area contributed by atoms with Gasteiger partial charge in [0.15, 0.2) is 17.5 Å². The highest BCUT2D eigenvalue weighted by atomic mass is 19.4. The van der Waals surface area contributed by atoms with Crippen LogP contribution in [0.3, 0.4) is 0 Å². The molecule has 1 rings (SSSR count). The molecular weight excluding hydrogens is 250 g/mol. The van der Waals surface area contributed by atoms with Crippen LogP contribution in [0.5, 0.6) is 0 Å². The quantitative estimate of drug-likeness (QED) is 0.650. The predicted molar refractivity (Wildman–Crippen MR) is 46.6 cm³/mol. The normalized spacial score (nSPS) is 13.8.